The van der Waals surface area contributed by atoms with Gasteiger partial charge in [-0.15, -0.1) is 0 Å². The van der Waals surface area contributed by atoms with Crippen molar-refractivity contribution in [2.75, 3.05) is 11.9 Å². The molecule has 0 aromatic heterocycles. The second kappa shape index (κ2) is 2.96. The minimum Gasteiger partial charge on any atom is -0.394 e. The summed E-state index contributed by atoms with van der Waals surface area (Å²) in [5, 5.41) is 12.8. The van der Waals surface area contributed by atoms with E-state index < -0.39 is 0 Å². The zero-order valence-electron chi connectivity index (χ0n) is 6.55. The van der Waals surface area contributed by atoms with Gasteiger partial charge < -0.3 is 10.4 Å². The van der Waals surface area contributed by atoms with E-state index in [1.807, 2.05) is 18.2 Å². The minimum absolute atomic E-state index is 0.165. The van der Waals surface area contributed by atoms with Crippen LogP contribution in [-0.2, 0) is 6.42 Å². The molecule has 1 aliphatic rings. The number of hydrogen-bond donors (Lipinski definition) is 2. The molecule has 1 aromatic carbocycles. The SMILES string of the molecule is OC[C@H]1Cc2ccc(Cl)cc2N1. The molecule has 1 aliphatic heterocycles. The van der Waals surface area contributed by atoms with E-state index in [9.17, 15) is 0 Å². The highest BCUT2D eigenvalue weighted by atomic mass is 35.5. The Morgan fingerprint density at radius 3 is 3.17 bits per heavy atom. The number of fused-ring (bicyclic) bond motifs is 1. The van der Waals surface area contributed by atoms with Gasteiger partial charge in [0.15, 0.2) is 0 Å². The maximum atomic E-state index is 8.91. The Kier molecular flexibility index (Phi) is 1.95. The smallest absolute Gasteiger partial charge is 0.0636 e. The average molecular weight is 184 g/mol. The van der Waals surface area contributed by atoms with E-state index >= 15 is 0 Å². The van der Waals surface area contributed by atoms with Crippen molar-refractivity contribution in [3.8, 4) is 0 Å². The van der Waals surface area contributed by atoms with Crippen LogP contribution in [0.5, 0.6) is 0 Å². The van der Waals surface area contributed by atoms with Gasteiger partial charge in [-0.25, -0.2) is 0 Å². The van der Waals surface area contributed by atoms with E-state index in [1.54, 1.807) is 0 Å². The zero-order chi connectivity index (χ0) is 8.55. The lowest BCUT2D eigenvalue weighted by Crippen LogP contribution is -2.19. The quantitative estimate of drug-likeness (QED) is 0.694. The normalized spacial score (nSPS) is 20.3. The zero-order valence-corrected chi connectivity index (χ0v) is 7.30. The summed E-state index contributed by atoms with van der Waals surface area (Å²) in [5.74, 6) is 0. The predicted molar refractivity (Wildman–Crippen MR) is 49.7 cm³/mol. The predicted octanol–water partition coefficient (Wildman–Crippen LogP) is 1.67. The minimum atomic E-state index is 0.165. The third kappa shape index (κ3) is 1.28. The van der Waals surface area contributed by atoms with Crippen molar-refractivity contribution in [3.05, 3.63) is 28.8 Å². The maximum absolute atomic E-state index is 8.91. The Bertz CT molecular complexity index is 301. The molecule has 0 radical (unpaired) electrons. The molecule has 1 aromatic rings. The fraction of sp³-hybridized carbons (Fsp3) is 0.333. The summed E-state index contributed by atoms with van der Waals surface area (Å²) < 4.78 is 0. The molecule has 2 nitrogen and oxygen atoms in total. The monoisotopic (exact) mass is 183 g/mol. The van der Waals surface area contributed by atoms with Gasteiger partial charge in [-0.1, -0.05) is 17.7 Å². The van der Waals surface area contributed by atoms with Crippen molar-refractivity contribution in [1.82, 2.24) is 0 Å². The summed E-state index contributed by atoms with van der Waals surface area (Å²) in [6.07, 6.45) is 0.892. The Morgan fingerprint density at radius 1 is 1.58 bits per heavy atom. The third-order valence-corrected chi connectivity index (χ3v) is 2.35. The van der Waals surface area contributed by atoms with Crippen LogP contribution in [0, 0.1) is 0 Å². The number of halogens is 1. The fourth-order valence-electron chi connectivity index (χ4n) is 1.51. The van der Waals surface area contributed by atoms with Crippen LogP contribution in [0.2, 0.25) is 5.02 Å². The molecule has 1 atom stereocenters. The van der Waals surface area contributed by atoms with Gasteiger partial charge in [0.05, 0.1) is 12.6 Å². The average Bonchev–Trinajstić information content (AvgIpc) is 2.46. The summed E-state index contributed by atoms with van der Waals surface area (Å²) in [6, 6.07) is 5.94. The fourth-order valence-corrected chi connectivity index (χ4v) is 1.68. The number of nitrogens with one attached hydrogen (secondary N) is 1. The van der Waals surface area contributed by atoms with Gasteiger partial charge in [0.2, 0.25) is 0 Å². The highest BCUT2D eigenvalue weighted by Gasteiger charge is 2.19. The van der Waals surface area contributed by atoms with Gasteiger partial charge in [0.25, 0.3) is 0 Å². The van der Waals surface area contributed by atoms with Crippen molar-refractivity contribution in [3.63, 3.8) is 0 Å². The molecule has 1 heterocycles. The van der Waals surface area contributed by atoms with Crippen molar-refractivity contribution in [2.24, 2.45) is 0 Å². The first-order valence-electron chi connectivity index (χ1n) is 3.95. The number of aliphatic hydroxyl groups is 1. The lowest BCUT2D eigenvalue weighted by molar-refractivity contribution is 0.277. The molecule has 64 valence electrons. The van der Waals surface area contributed by atoms with E-state index in [0.717, 1.165) is 17.1 Å². The van der Waals surface area contributed by atoms with Crippen LogP contribution in [0.15, 0.2) is 18.2 Å². The Balaban J connectivity index is 2.30. The van der Waals surface area contributed by atoms with Gasteiger partial charge >= 0.3 is 0 Å². The van der Waals surface area contributed by atoms with Gasteiger partial charge in [0, 0.05) is 10.7 Å². The summed E-state index contributed by atoms with van der Waals surface area (Å²) in [5.41, 5.74) is 2.29. The van der Waals surface area contributed by atoms with E-state index in [2.05, 4.69) is 5.32 Å². The maximum Gasteiger partial charge on any atom is 0.0636 e. The number of anilines is 1. The first kappa shape index (κ1) is 7.90. The molecule has 2 rings (SSSR count). The molecule has 0 unspecified atom stereocenters. The third-order valence-electron chi connectivity index (χ3n) is 2.12. The second-order valence-corrected chi connectivity index (χ2v) is 3.47. The van der Waals surface area contributed by atoms with Crippen LogP contribution in [0.4, 0.5) is 5.69 Å². The molecule has 0 saturated heterocycles. The topological polar surface area (TPSA) is 32.3 Å². The number of benzene rings is 1. The van der Waals surface area contributed by atoms with Crippen LogP contribution in [0.1, 0.15) is 5.56 Å². The van der Waals surface area contributed by atoms with Crippen LogP contribution in [0.25, 0.3) is 0 Å². The van der Waals surface area contributed by atoms with E-state index in [0.29, 0.717) is 0 Å². The van der Waals surface area contributed by atoms with Crippen LogP contribution < -0.4 is 5.32 Å². The van der Waals surface area contributed by atoms with Crippen LogP contribution in [-0.4, -0.2) is 17.8 Å². The molecule has 0 aliphatic carbocycles. The van der Waals surface area contributed by atoms with Gasteiger partial charge in [-0.05, 0) is 24.1 Å². The van der Waals surface area contributed by atoms with Crippen LogP contribution in [0.3, 0.4) is 0 Å². The number of rotatable bonds is 1. The molecule has 0 saturated carbocycles. The lowest BCUT2D eigenvalue weighted by atomic mass is 10.1. The number of hydrogen-bond acceptors (Lipinski definition) is 2. The molecule has 12 heavy (non-hydrogen) atoms. The summed E-state index contributed by atoms with van der Waals surface area (Å²) >= 11 is 5.81. The van der Waals surface area contributed by atoms with Gasteiger partial charge in [-0.3, -0.25) is 0 Å². The van der Waals surface area contributed by atoms with Crippen molar-refractivity contribution >= 4 is 17.3 Å². The molecular formula is C9H10ClNO. The summed E-state index contributed by atoms with van der Waals surface area (Å²) in [7, 11) is 0. The van der Waals surface area contributed by atoms with Gasteiger partial charge in [0.1, 0.15) is 0 Å². The van der Waals surface area contributed by atoms with E-state index in [1.165, 1.54) is 5.56 Å². The first-order valence-corrected chi connectivity index (χ1v) is 4.33. The number of aliphatic hydroxyl groups excluding tert-OH is 1. The highest BCUT2D eigenvalue weighted by Crippen LogP contribution is 2.28. The highest BCUT2D eigenvalue weighted by molar-refractivity contribution is 6.30. The molecule has 0 amide bonds. The molecule has 0 fully saturated rings. The standard InChI is InChI=1S/C9H10ClNO/c10-7-2-1-6-3-8(5-12)11-9(6)4-7/h1-2,4,8,11-12H,3,5H2/t8-/m1/s1. The van der Waals surface area contributed by atoms with Crippen molar-refractivity contribution in [1.29, 1.82) is 0 Å². The summed E-state index contributed by atoms with van der Waals surface area (Å²) in [4.78, 5) is 0. The van der Waals surface area contributed by atoms with Crippen LogP contribution >= 0.6 is 11.6 Å². The Morgan fingerprint density at radius 2 is 2.42 bits per heavy atom. The second-order valence-electron chi connectivity index (χ2n) is 3.03. The first-order chi connectivity index (χ1) is 5.79. The molecule has 0 bridgehead atoms. The molecular weight excluding hydrogens is 174 g/mol. The molecule has 0 spiro atoms. The van der Waals surface area contributed by atoms with Gasteiger partial charge in [-0.2, -0.15) is 0 Å². The molecule has 3 heteroatoms. The Labute approximate surface area is 76.2 Å². The van der Waals surface area contributed by atoms with E-state index in [4.69, 9.17) is 16.7 Å². The van der Waals surface area contributed by atoms with Crippen molar-refractivity contribution in [2.45, 2.75) is 12.5 Å². The molecule has 2 N–H and O–H groups in total. The van der Waals surface area contributed by atoms with Crippen molar-refractivity contribution < 1.29 is 5.11 Å². The largest absolute Gasteiger partial charge is 0.394 e. The summed E-state index contributed by atoms with van der Waals surface area (Å²) in [6.45, 7) is 0.173. The Hall–Kier alpha value is -0.730. The van der Waals surface area contributed by atoms with E-state index in [-0.39, 0.29) is 12.6 Å². The lowest BCUT2D eigenvalue weighted by Gasteiger charge is -2.05.